The molecule has 0 radical (unpaired) electrons. The molecule has 3 heterocycles. The predicted molar refractivity (Wildman–Crippen MR) is 157 cm³/mol. The van der Waals surface area contributed by atoms with E-state index in [0.717, 1.165) is 11.1 Å². The Morgan fingerprint density at radius 1 is 1.07 bits per heavy atom. The quantitative estimate of drug-likeness (QED) is 0.355. The maximum atomic E-state index is 13.6. The Kier molecular flexibility index (Phi) is 8.83. The number of carbonyl (C=O) groups is 3. The summed E-state index contributed by atoms with van der Waals surface area (Å²) >= 11 is 1.23. The number of amidine groups is 2. The summed E-state index contributed by atoms with van der Waals surface area (Å²) < 4.78 is 10.7. The van der Waals surface area contributed by atoms with E-state index in [-0.39, 0.29) is 37.1 Å². The fraction of sp³-hybridized carbons (Fsp3) is 0.300. The molecule has 10 nitrogen and oxygen atoms in total. The van der Waals surface area contributed by atoms with E-state index in [4.69, 9.17) is 19.1 Å². The first-order valence-electron chi connectivity index (χ1n) is 13.4. The minimum atomic E-state index is -0.730. The molecule has 0 spiro atoms. The van der Waals surface area contributed by atoms with E-state index in [1.807, 2.05) is 55.5 Å². The van der Waals surface area contributed by atoms with Crippen molar-refractivity contribution in [3.63, 3.8) is 0 Å². The molecule has 2 N–H and O–H groups in total. The van der Waals surface area contributed by atoms with Gasteiger partial charge in [0.05, 0.1) is 30.9 Å². The van der Waals surface area contributed by atoms with Crippen LogP contribution in [0.2, 0.25) is 0 Å². The SMILES string of the molecule is CC[C@H](SC1=Nc2ccccc2C2=N[C@@H](CCC(=O)NCc3ccccc3OC)C(=O)N12)C(=O)NCc1ccco1. The minimum Gasteiger partial charge on any atom is -0.496 e. The Morgan fingerprint density at radius 2 is 1.88 bits per heavy atom. The lowest BCUT2D eigenvalue weighted by Crippen LogP contribution is -2.43. The summed E-state index contributed by atoms with van der Waals surface area (Å²) in [5.74, 6) is 1.23. The van der Waals surface area contributed by atoms with E-state index in [9.17, 15) is 14.4 Å². The lowest BCUT2D eigenvalue weighted by molar-refractivity contribution is -0.125. The van der Waals surface area contributed by atoms with E-state index in [0.29, 0.717) is 41.2 Å². The van der Waals surface area contributed by atoms with Crippen LogP contribution in [0.15, 0.2) is 81.3 Å². The molecule has 0 bridgehead atoms. The van der Waals surface area contributed by atoms with Crippen LogP contribution in [0.25, 0.3) is 0 Å². The molecule has 5 rings (SSSR count). The molecule has 1 aromatic heterocycles. The van der Waals surface area contributed by atoms with Crippen LogP contribution < -0.4 is 15.4 Å². The van der Waals surface area contributed by atoms with Gasteiger partial charge >= 0.3 is 0 Å². The highest BCUT2D eigenvalue weighted by molar-refractivity contribution is 8.15. The lowest BCUT2D eigenvalue weighted by atomic mass is 10.1. The zero-order valence-electron chi connectivity index (χ0n) is 22.8. The largest absolute Gasteiger partial charge is 0.496 e. The van der Waals surface area contributed by atoms with Crippen molar-refractivity contribution in [3.05, 3.63) is 83.8 Å². The molecule has 0 fully saturated rings. The highest BCUT2D eigenvalue weighted by Crippen LogP contribution is 2.36. The van der Waals surface area contributed by atoms with Crippen LogP contribution in [0.5, 0.6) is 5.75 Å². The molecule has 0 aliphatic carbocycles. The first kappa shape index (κ1) is 28.2. The van der Waals surface area contributed by atoms with Crippen molar-refractivity contribution >= 4 is 46.2 Å². The third-order valence-corrected chi connectivity index (χ3v) is 8.11. The average molecular weight is 574 g/mol. The summed E-state index contributed by atoms with van der Waals surface area (Å²) in [7, 11) is 1.59. The molecule has 2 aliphatic rings. The molecular weight excluding hydrogens is 542 g/mol. The molecule has 0 unspecified atom stereocenters. The first-order chi connectivity index (χ1) is 20.0. The predicted octanol–water partition coefficient (Wildman–Crippen LogP) is 4.17. The first-order valence-corrected chi connectivity index (χ1v) is 14.3. The number of para-hydroxylation sites is 2. The molecule has 0 saturated heterocycles. The van der Waals surface area contributed by atoms with Crippen LogP contribution in [-0.4, -0.2) is 52.0 Å². The van der Waals surface area contributed by atoms with Crippen molar-refractivity contribution in [2.75, 3.05) is 7.11 Å². The maximum absolute atomic E-state index is 13.6. The van der Waals surface area contributed by atoms with Gasteiger partial charge < -0.3 is 19.8 Å². The number of nitrogens with zero attached hydrogens (tertiary/aromatic N) is 3. The molecule has 2 aromatic carbocycles. The number of fused-ring (bicyclic) bond motifs is 3. The molecule has 3 amide bonds. The second-order valence-electron chi connectivity index (χ2n) is 9.49. The monoisotopic (exact) mass is 573 g/mol. The van der Waals surface area contributed by atoms with E-state index in [2.05, 4.69) is 10.6 Å². The van der Waals surface area contributed by atoms with Crippen LogP contribution in [-0.2, 0) is 27.5 Å². The van der Waals surface area contributed by atoms with Gasteiger partial charge in [0.25, 0.3) is 5.91 Å². The topological polar surface area (TPSA) is 126 Å². The van der Waals surface area contributed by atoms with Gasteiger partial charge in [-0.3, -0.25) is 19.4 Å². The zero-order valence-corrected chi connectivity index (χ0v) is 23.6. The summed E-state index contributed by atoms with van der Waals surface area (Å²) in [5.41, 5.74) is 2.29. The summed E-state index contributed by atoms with van der Waals surface area (Å²) in [5, 5.41) is 5.71. The highest BCUT2D eigenvalue weighted by Gasteiger charge is 2.42. The van der Waals surface area contributed by atoms with Crippen molar-refractivity contribution in [1.29, 1.82) is 0 Å². The van der Waals surface area contributed by atoms with Crippen molar-refractivity contribution in [2.45, 2.75) is 50.6 Å². The van der Waals surface area contributed by atoms with Crippen LogP contribution in [0.1, 0.15) is 43.1 Å². The molecule has 2 aliphatic heterocycles. The number of hydrogen-bond acceptors (Lipinski definition) is 8. The van der Waals surface area contributed by atoms with Crippen molar-refractivity contribution in [1.82, 2.24) is 15.5 Å². The van der Waals surface area contributed by atoms with Crippen LogP contribution in [0.3, 0.4) is 0 Å². The number of ether oxygens (including phenoxy) is 1. The van der Waals surface area contributed by atoms with Gasteiger partial charge in [-0.2, -0.15) is 0 Å². The maximum Gasteiger partial charge on any atom is 0.259 e. The molecule has 11 heteroatoms. The number of aliphatic imine (C=N–C) groups is 2. The van der Waals surface area contributed by atoms with Crippen molar-refractivity contribution < 1.29 is 23.5 Å². The van der Waals surface area contributed by atoms with Gasteiger partial charge in [0, 0.05) is 24.1 Å². The molecule has 3 aromatic rings. The normalized spacial score (nSPS) is 16.3. The zero-order chi connectivity index (χ0) is 28.8. The van der Waals surface area contributed by atoms with Gasteiger partial charge in [-0.15, -0.1) is 0 Å². The Morgan fingerprint density at radius 3 is 2.66 bits per heavy atom. The molecule has 2 atom stereocenters. The summed E-state index contributed by atoms with van der Waals surface area (Å²) in [6, 6.07) is 17.8. The van der Waals surface area contributed by atoms with Gasteiger partial charge in [0.2, 0.25) is 11.8 Å². The van der Waals surface area contributed by atoms with Crippen LogP contribution in [0.4, 0.5) is 5.69 Å². The summed E-state index contributed by atoms with van der Waals surface area (Å²) in [6.07, 6.45) is 2.46. The average Bonchev–Trinajstić information content (AvgIpc) is 3.64. The van der Waals surface area contributed by atoms with Crippen LogP contribution >= 0.6 is 11.8 Å². The molecule has 0 saturated carbocycles. The van der Waals surface area contributed by atoms with E-state index >= 15 is 0 Å². The number of amides is 3. The van der Waals surface area contributed by atoms with Gasteiger partial charge in [-0.1, -0.05) is 49.0 Å². The number of nitrogens with one attached hydrogen (secondary N) is 2. The van der Waals surface area contributed by atoms with Crippen molar-refractivity contribution in [2.24, 2.45) is 9.98 Å². The van der Waals surface area contributed by atoms with Gasteiger partial charge in [-0.25, -0.2) is 9.89 Å². The fourth-order valence-electron chi connectivity index (χ4n) is 4.62. The number of hydrogen-bond donors (Lipinski definition) is 2. The van der Waals surface area contributed by atoms with E-state index in [1.54, 1.807) is 25.5 Å². The molecular formula is C30H31N5O5S. The number of benzene rings is 2. The number of thioether (sulfide) groups is 1. The number of carbonyl (C=O) groups excluding carboxylic acids is 3. The summed E-state index contributed by atoms with van der Waals surface area (Å²) in [6.45, 7) is 2.51. The Labute approximate surface area is 242 Å². The number of methoxy groups -OCH3 is 1. The highest BCUT2D eigenvalue weighted by atomic mass is 32.2. The van der Waals surface area contributed by atoms with Gasteiger partial charge in [-0.05, 0) is 43.2 Å². The van der Waals surface area contributed by atoms with Crippen LogP contribution in [0, 0.1) is 0 Å². The lowest BCUT2D eigenvalue weighted by Gasteiger charge is -2.27. The van der Waals surface area contributed by atoms with E-state index < -0.39 is 11.3 Å². The third kappa shape index (κ3) is 6.35. The van der Waals surface area contributed by atoms with Gasteiger partial charge in [0.15, 0.2) is 5.17 Å². The van der Waals surface area contributed by atoms with Gasteiger partial charge in [0.1, 0.15) is 23.4 Å². The second kappa shape index (κ2) is 12.9. The number of rotatable bonds is 11. The fourth-order valence-corrected chi connectivity index (χ4v) is 5.66. The van der Waals surface area contributed by atoms with E-state index in [1.165, 1.54) is 16.7 Å². The standard InChI is InChI=1S/C30H31N5O5S/c1-3-25(28(37)32-18-20-10-8-16-40-20)41-30-34-22-12-6-5-11-21(22)27-33-23(29(38)35(27)30)14-15-26(36)31-17-19-9-4-7-13-24(19)39-2/h4-13,16,23,25H,3,14-15,17-18H2,1-2H3,(H,31,36)(H,32,37)/t23-,25-/m0/s1. The van der Waals surface area contributed by atoms with Crippen molar-refractivity contribution in [3.8, 4) is 5.75 Å². The Balaban J connectivity index is 1.26. The Bertz CT molecular complexity index is 1490. The smallest absolute Gasteiger partial charge is 0.259 e. The molecule has 41 heavy (non-hydrogen) atoms. The second-order valence-corrected chi connectivity index (χ2v) is 10.7. The Hall–Kier alpha value is -4.38. The summed E-state index contributed by atoms with van der Waals surface area (Å²) in [4.78, 5) is 50.2. The number of furan rings is 1. The molecule has 212 valence electrons. The minimum absolute atomic E-state index is 0.129. The third-order valence-electron chi connectivity index (χ3n) is 6.79.